The van der Waals surface area contributed by atoms with Gasteiger partial charge in [0.2, 0.25) is 0 Å². The monoisotopic (exact) mass is 282 g/mol. The molecule has 0 bridgehead atoms. The molecular weight excluding hydrogens is 268 g/mol. The standard InChI is InChI=1S/C11H15BrN4/c1-7-9-3-13-2-8(9)5-16(7)11-10(12)4-14-6-15-11/h4,6-9,13H,2-3,5H2,1H3. The zero-order valence-corrected chi connectivity index (χ0v) is 10.8. The summed E-state index contributed by atoms with van der Waals surface area (Å²) in [7, 11) is 0. The average molecular weight is 283 g/mol. The third kappa shape index (κ3) is 1.53. The van der Waals surface area contributed by atoms with Crippen LogP contribution in [0, 0.1) is 11.8 Å². The van der Waals surface area contributed by atoms with Gasteiger partial charge in [0.15, 0.2) is 0 Å². The topological polar surface area (TPSA) is 41.0 Å². The van der Waals surface area contributed by atoms with Gasteiger partial charge in [-0.1, -0.05) is 0 Å². The Morgan fingerprint density at radius 3 is 3.12 bits per heavy atom. The van der Waals surface area contributed by atoms with Crippen LogP contribution in [-0.4, -0.2) is 35.6 Å². The van der Waals surface area contributed by atoms with Crippen LogP contribution >= 0.6 is 15.9 Å². The zero-order valence-electron chi connectivity index (χ0n) is 9.23. The normalized spacial score (nSPS) is 33.1. The van der Waals surface area contributed by atoms with Crippen molar-refractivity contribution in [3.63, 3.8) is 0 Å². The van der Waals surface area contributed by atoms with Gasteiger partial charge in [0.25, 0.3) is 0 Å². The quantitative estimate of drug-likeness (QED) is 0.843. The van der Waals surface area contributed by atoms with Crippen LogP contribution in [0.5, 0.6) is 0 Å². The van der Waals surface area contributed by atoms with E-state index in [0.29, 0.717) is 6.04 Å². The minimum Gasteiger partial charge on any atom is -0.352 e. The van der Waals surface area contributed by atoms with Gasteiger partial charge in [0, 0.05) is 31.9 Å². The van der Waals surface area contributed by atoms with E-state index < -0.39 is 0 Å². The van der Waals surface area contributed by atoms with Gasteiger partial charge in [0.05, 0.1) is 4.47 Å². The highest BCUT2D eigenvalue weighted by atomic mass is 79.9. The molecule has 2 saturated heterocycles. The summed E-state index contributed by atoms with van der Waals surface area (Å²) in [5.74, 6) is 2.58. The minimum absolute atomic E-state index is 0.561. The number of nitrogens with one attached hydrogen (secondary N) is 1. The van der Waals surface area contributed by atoms with Gasteiger partial charge in [-0.3, -0.25) is 0 Å². The van der Waals surface area contributed by atoms with Gasteiger partial charge in [-0.15, -0.1) is 0 Å². The van der Waals surface area contributed by atoms with E-state index >= 15 is 0 Å². The van der Waals surface area contributed by atoms with Crippen molar-refractivity contribution in [2.75, 3.05) is 24.5 Å². The number of rotatable bonds is 1. The second kappa shape index (κ2) is 3.96. The molecule has 0 amide bonds. The van der Waals surface area contributed by atoms with E-state index in [9.17, 15) is 0 Å². The molecule has 1 N–H and O–H groups in total. The molecule has 3 atom stereocenters. The second-order valence-electron chi connectivity index (χ2n) is 4.67. The summed E-state index contributed by atoms with van der Waals surface area (Å²) in [5, 5.41) is 3.47. The molecule has 3 heterocycles. The van der Waals surface area contributed by atoms with E-state index in [4.69, 9.17) is 0 Å². The lowest BCUT2D eigenvalue weighted by molar-refractivity contribution is 0.471. The Bertz CT molecular complexity index is 397. The fraction of sp³-hybridized carbons (Fsp3) is 0.636. The van der Waals surface area contributed by atoms with E-state index in [1.54, 1.807) is 6.33 Å². The van der Waals surface area contributed by atoms with Crippen molar-refractivity contribution in [2.24, 2.45) is 11.8 Å². The lowest BCUT2D eigenvalue weighted by atomic mass is 9.95. The summed E-state index contributed by atoms with van der Waals surface area (Å²) in [5.41, 5.74) is 0. The molecule has 0 spiro atoms. The third-order valence-corrected chi connectivity index (χ3v) is 4.41. The predicted octanol–water partition coefficient (Wildman–Crippen LogP) is 1.28. The van der Waals surface area contributed by atoms with Gasteiger partial charge in [-0.25, -0.2) is 9.97 Å². The van der Waals surface area contributed by atoms with Crippen LogP contribution in [0.2, 0.25) is 0 Å². The largest absolute Gasteiger partial charge is 0.352 e. The molecule has 4 nitrogen and oxygen atoms in total. The summed E-state index contributed by atoms with van der Waals surface area (Å²) in [4.78, 5) is 10.8. The Morgan fingerprint density at radius 2 is 2.38 bits per heavy atom. The number of fused-ring (bicyclic) bond motifs is 1. The third-order valence-electron chi connectivity index (χ3n) is 3.85. The number of aromatic nitrogens is 2. The van der Waals surface area contributed by atoms with Crippen LogP contribution in [0.25, 0.3) is 0 Å². The highest BCUT2D eigenvalue weighted by Gasteiger charge is 2.42. The van der Waals surface area contributed by atoms with Crippen molar-refractivity contribution >= 4 is 21.7 Å². The van der Waals surface area contributed by atoms with E-state index in [0.717, 1.165) is 41.8 Å². The van der Waals surface area contributed by atoms with E-state index in [1.807, 2.05) is 6.20 Å². The van der Waals surface area contributed by atoms with Gasteiger partial charge < -0.3 is 10.2 Å². The first kappa shape index (κ1) is 10.5. The van der Waals surface area contributed by atoms with Crippen LogP contribution in [0.15, 0.2) is 17.0 Å². The molecule has 2 fully saturated rings. The smallest absolute Gasteiger partial charge is 0.146 e. The molecule has 16 heavy (non-hydrogen) atoms. The van der Waals surface area contributed by atoms with Gasteiger partial charge in [-0.2, -0.15) is 0 Å². The van der Waals surface area contributed by atoms with Crippen LogP contribution < -0.4 is 10.2 Å². The fourth-order valence-corrected chi connectivity index (χ4v) is 3.41. The SMILES string of the molecule is CC1C2CNCC2CN1c1ncncc1Br. The molecule has 1 aromatic rings. The summed E-state index contributed by atoms with van der Waals surface area (Å²) in [6.07, 6.45) is 3.45. The first-order valence-corrected chi connectivity index (χ1v) is 6.49. The Morgan fingerprint density at radius 1 is 1.50 bits per heavy atom. The fourth-order valence-electron chi connectivity index (χ4n) is 2.96. The van der Waals surface area contributed by atoms with Crippen molar-refractivity contribution < 1.29 is 0 Å². The lowest BCUT2D eigenvalue weighted by Gasteiger charge is -2.26. The molecule has 0 aliphatic carbocycles. The minimum atomic E-state index is 0.561. The second-order valence-corrected chi connectivity index (χ2v) is 5.52. The molecule has 0 saturated carbocycles. The molecule has 86 valence electrons. The Kier molecular flexibility index (Phi) is 2.59. The Labute approximate surface area is 104 Å². The summed E-state index contributed by atoms with van der Waals surface area (Å²) in [6, 6.07) is 0.561. The number of anilines is 1. The van der Waals surface area contributed by atoms with Gasteiger partial charge in [-0.05, 0) is 34.7 Å². The molecule has 2 aliphatic heterocycles. The van der Waals surface area contributed by atoms with Crippen molar-refractivity contribution in [3.8, 4) is 0 Å². The summed E-state index contributed by atoms with van der Waals surface area (Å²) >= 11 is 3.53. The molecule has 2 aliphatic rings. The van der Waals surface area contributed by atoms with E-state index in [1.165, 1.54) is 0 Å². The lowest BCUT2D eigenvalue weighted by Crippen LogP contribution is -2.34. The maximum absolute atomic E-state index is 4.39. The van der Waals surface area contributed by atoms with Crippen LogP contribution in [0.3, 0.4) is 0 Å². The van der Waals surface area contributed by atoms with E-state index in [2.05, 4.69) is 43.0 Å². The number of hydrogen-bond donors (Lipinski definition) is 1. The summed E-state index contributed by atoms with van der Waals surface area (Å²) in [6.45, 7) is 5.69. The van der Waals surface area contributed by atoms with Crippen LogP contribution in [0.1, 0.15) is 6.92 Å². The molecule has 0 radical (unpaired) electrons. The molecule has 5 heteroatoms. The van der Waals surface area contributed by atoms with Crippen molar-refractivity contribution in [1.29, 1.82) is 0 Å². The van der Waals surface area contributed by atoms with Gasteiger partial charge in [0.1, 0.15) is 12.1 Å². The van der Waals surface area contributed by atoms with Crippen LogP contribution in [0.4, 0.5) is 5.82 Å². The number of hydrogen-bond acceptors (Lipinski definition) is 4. The highest BCUT2D eigenvalue weighted by Crippen LogP contribution is 2.37. The first-order valence-electron chi connectivity index (χ1n) is 5.70. The van der Waals surface area contributed by atoms with E-state index in [-0.39, 0.29) is 0 Å². The Hall–Kier alpha value is -0.680. The maximum Gasteiger partial charge on any atom is 0.146 e. The molecule has 0 aromatic carbocycles. The van der Waals surface area contributed by atoms with Crippen molar-refractivity contribution in [2.45, 2.75) is 13.0 Å². The first-order chi connectivity index (χ1) is 7.77. The predicted molar refractivity (Wildman–Crippen MR) is 66.4 cm³/mol. The Balaban J connectivity index is 1.89. The van der Waals surface area contributed by atoms with Crippen molar-refractivity contribution in [3.05, 3.63) is 17.0 Å². The zero-order chi connectivity index (χ0) is 11.1. The summed E-state index contributed by atoms with van der Waals surface area (Å²) < 4.78 is 0.995. The molecule has 3 rings (SSSR count). The maximum atomic E-state index is 4.39. The highest BCUT2D eigenvalue weighted by molar-refractivity contribution is 9.10. The number of halogens is 1. The molecule has 3 unspecified atom stereocenters. The molecular formula is C11H15BrN4. The van der Waals surface area contributed by atoms with Gasteiger partial charge >= 0.3 is 0 Å². The van der Waals surface area contributed by atoms with Crippen molar-refractivity contribution in [1.82, 2.24) is 15.3 Å². The number of nitrogens with zero attached hydrogens (tertiary/aromatic N) is 3. The average Bonchev–Trinajstić information content (AvgIpc) is 2.83. The van der Waals surface area contributed by atoms with Crippen LogP contribution in [-0.2, 0) is 0 Å². The molecule has 1 aromatic heterocycles.